The average molecular weight is 370 g/mol. The monoisotopic (exact) mass is 369 g/mol. The van der Waals surface area contributed by atoms with Crippen LogP contribution in [0.1, 0.15) is 94.4 Å². The van der Waals surface area contributed by atoms with Crippen molar-refractivity contribution in [3.05, 3.63) is 0 Å². The molecule has 0 heterocycles. The highest BCUT2D eigenvalue weighted by molar-refractivity contribution is 6.77. The highest BCUT2D eigenvalue weighted by Crippen LogP contribution is 2.54. The second-order valence-corrected chi connectivity index (χ2v) is 14.7. The first kappa shape index (κ1) is 23.2. The van der Waals surface area contributed by atoms with E-state index in [9.17, 15) is 0 Å². The van der Waals surface area contributed by atoms with Crippen LogP contribution < -0.4 is 0 Å². The summed E-state index contributed by atoms with van der Waals surface area (Å²) in [5.74, 6) is 0.858. The van der Waals surface area contributed by atoms with Gasteiger partial charge in [0, 0.05) is 12.1 Å². The van der Waals surface area contributed by atoms with Gasteiger partial charge in [-0.2, -0.15) is 0 Å². The quantitative estimate of drug-likeness (QED) is 0.329. The van der Waals surface area contributed by atoms with Gasteiger partial charge in [0.05, 0.1) is 0 Å². The van der Waals surface area contributed by atoms with Gasteiger partial charge in [-0.1, -0.05) is 75.2 Å². The van der Waals surface area contributed by atoms with Crippen molar-refractivity contribution in [1.29, 1.82) is 0 Å². The van der Waals surface area contributed by atoms with E-state index in [2.05, 4.69) is 67.2 Å². The van der Waals surface area contributed by atoms with Gasteiger partial charge in [-0.05, 0) is 54.9 Å². The van der Waals surface area contributed by atoms with Gasteiger partial charge in [-0.15, -0.1) is 0 Å². The summed E-state index contributed by atoms with van der Waals surface area (Å²) < 4.78 is 6.83. The number of hydrogen-bond acceptors (Lipinski definition) is 2. The molecule has 3 heteroatoms. The molecule has 0 aliphatic heterocycles. The SMILES string of the molecule is CCCC[C@@]1(N(CC)CC)C[C@@H]1CCO[Si](C(C)C)(C(C)C)C(C)C. The molecule has 25 heavy (non-hydrogen) atoms. The molecule has 1 rings (SSSR count). The van der Waals surface area contributed by atoms with Gasteiger partial charge in [0.2, 0.25) is 0 Å². The van der Waals surface area contributed by atoms with Gasteiger partial charge in [0.25, 0.3) is 0 Å². The highest BCUT2D eigenvalue weighted by atomic mass is 28.4. The fourth-order valence-electron chi connectivity index (χ4n) is 5.80. The second-order valence-electron chi connectivity index (χ2n) is 9.24. The molecule has 0 aromatic rings. The zero-order valence-electron chi connectivity index (χ0n) is 18.8. The third-order valence-corrected chi connectivity index (χ3v) is 13.2. The first-order chi connectivity index (χ1) is 11.7. The van der Waals surface area contributed by atoms with Crippen LogP contribution in [0.4, 0.5) is 0 Å². The largest absolute Gasteiger partial charge is 0.416 e. The summed E-state index contributed by atoms with van der Waals surface area (Å²) in [5, 5.41) is 0. The molecular formula is C22H47NOSi. The van der Waals surface area contributed by atoms with Crippen LogP contribution >= 0.6 is 0 Å². The number of nitrogens with zero attached hydrogens (tertiary/aromatic N) is 1. The number of unbranched alkanes of at least 4 members (excludes halogenated alkanes) is 1. The molecule has 0 bridgehead atoms. The van der Waals surface area contributed by atoms with Gasteiger partial charge in [-0.25, -0.2) is 0 Å². The zero-order valence-corrected chi connectivity index (χ0v) is 19.8. The molecule has 1 fully saturated rings. The van der Waals surface area contributed by atoms with E-state index in [0.29, 0.717) is 22.2 Å². The molecule has 0 amide bonds. The smallest absolute Gasteiger partial charge is 0.200 e. The first-order valence-corrected chi connectivity index (χ1v) is 13.3. The van der Waals surface area contributed by atoms with Crippen molar-refractivity contribution in [3.63, 3.8) is 0 Å². The van der Waals surface area contributed by atoms with E-state index < -0.39 is 8.32 Å². The highest BCUT2D eigenvalue weighted by Gasteiger charge is 2.56. The topological polar surface area (TPSA) is 12.5 Å². The van der Waals surface area contributed by atoms with Crippen LogP contribution in [0.2, 0.25) is 16.6 Å². The predicted molar refractivity (Wildman–Crippen MR) is 115 cm³/mol. The van der Waals surface area contributed by atoms with Crippen LogP contribution in [0.15, 0.2) is 0 Å². The van der Waals surface area contributed by atoms with Crippen molar-refractivity contribution in [3.8, 4) is 0 Å². The van der Waals surface area contributed by atoms with Crippen LogP contribution in [0.3, 0.4) is 0 Å². The summed E-state index contributed by atoms with van der Waals surface area (Å²) in [5.41, 5.74) is 2.58. The van der Waals surface area contributed by atoms with Gasteiger partial charge in [0.15, 0.2) is 8.32 Å². The molecule has 0 unspecified atom stereocenters. The maximum Gasteiger partial charge on any atom is 0.200 e. The van der Waals surface area contributed by atoms with Crippen molar-refractivity contribution in [2.45, 2.75) is 117 Å². The fourth-order valence-corrected chi connectivity index (χ4v) is 11.3. The van der Waals surface area contributed by atoms with Crippen molar-refractivity contribution < 1.29 is 4.43 Å². The Kier molecular flexibility index (Phi) is 9.17. The maximum absolute atomic E-state index is 6.83. The van der Waals surface area contributed by atoms with E-state index >= 15 is 0 Å². The van der Waals surface area contributed by atoms with E-state index in [-0.39, 0.29) is 0 Å². The molecule has 2 nitrogen and oxygen atoms in total. The Balaban J connectivity index is 2.71. The first-order valence-electron chi connectivity index (χ1n) is 11.1. The Hall–Kier alpha value is 0.137. The third-order valence-electron chi connectivity index (χ3n) is 7.08. The zero-order chi connectivity index (χ0) is 19.3. The van der Waals surface area contributed by atoms with E-state index in [1.165, 1.54) is 45.2 Å². The Labute approximate surface area is 160 Å². The Morgan fingerprint density at radius 1 is 0.960 bits per heavy atom. The predicted octanol–water partition coefficient (Wildman–Crippen LogP) is 6.86. The van der Waals surface area contributed by atoms with E-state index in [1.54, 1.807) is 0 Å². The lowest BCUT2D eigenvalue weighted by Crippen LogP contribution is -2.48. The van der Waals surface area contributed by atoms with Gasteiger partial charge >= 0.3 is 0 Å². The third kappa shape index (κ3) is 4.90. The van der Waals surface area contributed by atoms with E-state index in [1.807, 2.05) is 0 Å². The lowest BCUT2D eigenvalue weighted by molar-refractivity contribution is 0.156. The Morgan fingerprint density at radius 2 is 1.48 bits per heavy atom. The summed E-state index contributed by atoms with van der Waals surface area (Å²) in [4.78, 5) is 2.74. The summed E-state index contributed by atoms with van der Waals surface area (Å²) in [6.45, 7) is 24.7. The van der Waals surface area contributed by atoms with Crippen molar-refractivity contribution in [2.75, 3.05) is 19.7 Å². The van der Waals surface area contributed by atoms with Crippen LogP contribution in [0.25, 0.3) is 0 Å². The molecular weight excluding hydrogens is 322 g/mol. The molecule has 2 atom stereocenters. The Morgan fingerprint density at radius 3 is 1.88 bits per heavy atom. The van der Waals surface area contributed by atoms with Gasteiger partial charge in [-0.3, -0.25) is 4.90 Å². The number of rotatable bonds is 13. The van der Waals surface area contributed by atoms with Crippen molar-refractivity contribution >= 4 is 8.32 Å². The summed E-state index contributed by atoms with van der Waals surface area (Å²) in [7, 11) is -1.70. The van der Waals surface area contributed by atoms with Gasteiger partial charge in [0.1, 0.15) is 0 Å². The minimum absolute atomic E-state index is 0.501. The summed E-state index contributed by atoms with van der Waals surface area (Å²) >= 11 is 0. The molecule has 0 saturated heterocycles. The van der Waals surface area contributed by atoms with E-state index in [0.717, 1.165) is 12.5 Å². The number of hydrogen-bond donors (Lipinski definition) is 0. The normalized spacial score (nSPS) is 24.1. The fraction of sp³-hybridized carbons (Fsp3) is 1.00. The maximum atomic E-state index is 6.83. The minimum Gasteiger partial charge on any atom is -0.416 e. The Bertz CT molecular complexity index is 356. The van der Waals surface area contributed by atoms with Gasteiger partial charge < -0.3 is 4.43 Å². The van der Waals surface area contributed by atoms with Crippen LogP contribution in [0, 0.1) is 5.92 Å². The second kappa shape index (κ2) is 9.89. The molecule has 0 aromatic carbocycles. The standard InChI is InChI=1S/C22H47NOSi/c1-10-13-15-22(23(11-2)12-3)17-21(22)14-16-24-25(18(4)5,19(6)7)20(8)9/h18-21H,10-17H2,1-9H3/t21-,22+/m0/s1. The molecule has 0 aromatic heterocycles. The van der Waals surface area contributed by atoms with Crippen LogP contribution in [-0.4, -0.2) is 38.5 Å². The molecule has 0 N–H and O–H groups in total. The lowest BCUT2D eigenvalue weighted by atomic mass is 10.0. The summed E-state index contributed by atoms with van der Waals surface area (Å²) in [6, 6.07) is 0. The van der Waals surface area contributed by atoms with Crippen molar-refractivity contribution in [1.82, 2.24) is 4.90 Å². The molecule has 1 aliphatic carbocycles. The molecule has 0 radical (unpaired) electrons. The molecule has 0 spiro atoms. The van der Waals surface area contributed by atoms with Crippen LogP contribution in [-0.2, 0) is 4.43 Å². The van der Waals surface area contributed by atoms with Crippen LogP contribution in [0.5, 0.6) is 0 Å². The average Bonchev–Trinajstić information content (AvgIpc) is 3.23. The molecule has 1 aliphatic rings. The lowest BCUT2D eigenvalue weighted by Gasteiger charge is -2.42. The van der Waals surface area contributed by atoms with E-state index in [4.69, 9.17) is 4.43 Å². The molecule has 1 saturated carbocycles. The minimum atomic E-state index is -1.70. The molecule has 150 valence electrons. The van der Waals surface area contributed by atoms with Crippen molar-refractivity contribution in [2.24, 2.45) is 5.92 Å². The summed E-state index contributed by atoms with van der Waals surface area (Å²) in [6.07, 6.45) is 6.74.